The first-order chi connectivity index (χ1) is 15.2. The molecular formula is C26H35NO4. The SMILES string of the molecule is COc1cc(C(C)NC(=O)CCCOCCc2ccccc2)ccc1OC1CCCC1. The predicted octanol–water partition coefficient (Wildman–Crippen LogP) is 5.23. The molecule has 0 radical (unpaired) electrons. The highest BCUT2D eigenvalue weighted by atomic mass is 16.5. The standard InChI is InChI=1S/C26H35NO4/c1-20(22-14-15-24(25(19-22)29-2)31-23-11-6-7-12-23)27-26(28)13-8-17-30-18-16-21-9-4-3-5-10-21/h3-5,9-10,14-15,19-20,23H,6-8,11-13,16-18H2,1-2H3,(H,27,28). The van der Waals surface area contributed by atoms with Crippen LogP contribution < -0.4 is 14.8 Å². The largest absolute Gasteiger partial charge is 0.493 e. The Hall–Kier alpha value is -2.53. The third-order valence-corrected chi connectivity index (χ3v) is 5.73. The molecule has 0 heterocycles. The van der Waals surface area contributed by atoms with Gasteiger partial charge in [0.1, 0.15) is 0 Å². The lowest BCUT2D eigenvalue weighted by atomic mass is 10.1. The van der Waals surface area contributed by atoms with Gasteiger partial charge in [0.2, 0.25) is 5.91 Å². The molecule has 2 aromatic carbocycles. The molecule has 5 heteroatoms. The van der Waals surface area contributed by atoms with Crippen molar-refractivity contribution in [3.63, 3.8) is 0 Å². The molecule has 168 valence electrons. The number of rotatable bonds is 12. The molecule has 5 nitrogen and oxygen atoms in total. The lowest BCUT2D eigenvalue weighted by molar-refractivity contribution is -0.122. The summed E-state index contributed by atoms with van der Waals surface area (Å²) in [4.78, 5) is 12.3. The molecule has 1 N–H and O–H groups in total. The summed E-state index contributed by atoms with van der Waals surface area (Å²) in [6.07, 6.45) is 7.01. The molecular weight excluding hydrogens is 390 g/mol. The van der Waals surface area contributed by atoms with Crippen LogP contribution in [0.2, 0.25) is 0 Å². The molecule has 1 atom stereocenters. The fourth-order valence-corrected chi connectivity index (χ4v) is 3.91. The fourth-order valence-electron chi connectivity index (χ4n) is 3.91. The lowest BCUT2D eigenvalue weighted by Crippen LogP contribution is -2.26. The molecule has 0 bridgehead atoms. The number of methoxy groups -OCH3 is 1. The zero-order valence-corrected chi connectivity index (χ0v) is 18.8. The second kappa shape index (κ2) is 12.4. The lowest BCUT2D eigenvalue weighted by Gasteiger charge is -2.19. The van der Waals surface area contributed by atoms with Gasteiger partial charge in [0.05, 0.1) is 25.9 Å². The number of carbonyl (C=O) groups excluding carboxylic acids is 1. The Morgan fingerprint density at radius 1 is 1.06 bits per heavy atom. The molecule has 0 saturated heterocycles. The number of hydrogen-bond acceptors (Lipinski definition) is 4. The van der Waals surface area contributed by atoms with Gasteiger partial charge in [-0.05, 0) is 68.7 Å². The van der Waals surface area contributed by atoms with E-state index < -0.39 is 0 Å². The van der Waals surface area contributed by atoms with Gasteiger partial charge in [-0.3, -0.25) is 4.79 Å². The van der Waals surface area contributed by atoms with Crippen molar-refractivity contribution in [2.45, 2.75) is 64.0 Å². The number of hydrogen-bond donors (Lipinski definition) is 1. The molecule has 1 aliphatic rings. The van der Waals surface area contributed by atoms with Gasteiger partial charge in [-0.2, -0.15) is 0 Å². The van der Waals surface area contributed by atoms with Crippen LogP contribution >= 0.6 is 0 Å². The zero-order valence-electron chi connectivity index (χ0n) is 18.8. The van der Waals surface area contributed by atoms with Gasteiger partial charge < -0.3 is 19.5 Å². The van der Waals surface area contributed by atoms with Crippen LogP contribution in [-0.4, -0.2) is 32.3 Å². The van der Waals surface area contributed by atoms with E-state index in [2.05, 4.69) is 17.4 Å². The van der Waals surface area contributed by atoms with Crippen LogP contribution in [0.15, 0.2) is 48.5 Å². The first kappa shape index (κ1) is 23.1. The van der Waals surface area contributed by atoms with Crippen LogP contribution in [0.4, 0.5) is 0 Å². The number of carbonyl (C=O) groups is 1. The molecule has 2 aromatic rings. The normalized spacial score (nSPS) is 14.9. The van der Waals surface area contributed by atoms with E-state index in [0.29, 0.717) is 26.1 Å². The number of benzene rings is 2. The molecule has 1 unspecified atom stereocenters. The quantitative estimate of drug-likeness (QED) is 0.473. The Kier molecular flexibility index (Phi) is 9.22. The van der Waals surface area contributed by atoms with Crippen LogP contribution in [0.25, 0.3) is 0 Å². The van der Waals surface area contributed by atoms with Crippen molar-refractivity contribution in [1.82, 2.24) is 5.32 Å². The minimum absolute atomic E-state index is 0.0319. The molecule has 0 aromatic heterocycles. The Morgan fingerprint density at radius 2 is 1.84 bits per heavy atom. The van der Waals surface area contributed by atoms with E-state index in [9.17, 15) is 4.79 Å². The van der Waals surface area contributed by atoms with Gasteiger partial charge in [0.25, 0.3) is 0 Å². The van der Waals surface area contributed by atoms with Gasteiger partial charge in [-0.15, -0.1) is 0 Å². The number of ether oxygens (including phenoxy) is 3. The van der Waals surface area contributed by atoms with Gasteiger partial charge in [-0.25, -0.2) is 0 Å². The first-order valence-electron chi connectivity index (χ1n) is 11.4. The summed E-state index contributed by atoms with van der Waals surface area (Å²) in [5.74, 6) is 1.53. The van der Waals surface area contributed by atoms with Crippen molar-refractivity contribution in [2.75, 3.05) is 20.3 Å². The predicted molar refractivity (Wildman–Crippen MR) is 123 cm³/mol. The van der Waals surface area contributed by atoms with E-state index in [1.807, 2.05) is 43.3 Å². The second-order valence-electron chi connectivity index (χ2n) is 8.18. The van der Waals surface area contributed by atoms with E-state index in [4.69, 9.17) is 14.2 Å². The van der Waals surface area contributed by atoms with Crippen molar-refractivity contribution >= 4 is 5.91 Å². The van der Waals surface area contributed by atoms with Gasteiger partial charge in [-0.1, -0.05) is 36.4 Å². The minimum Gasteiger partial charge on any atom is -0.493 e. The topological polar surface area (TPSA) is 56.8 Å². The van der Waals surface area contributed by atoms with Crippen LogP contribution in [0.3, 0.4) is 0 Å². The number of amides is 1. The molecule has 1 aliphatic carbocycles. The summed E-state index contributed by atoms with van der Waals surface area (Å²) < 4.78 is 17.3. The average molecular weight is 426 g/mol. The van der Waals surface area contributed by atoms with Crippen molar-refractivity contribution in [3.05, 3.63) is 59.7 Å². The van der Waals surface area contributed by atoms with Crippen LogP contribution in [-0.2, 0) is 16.0 Å². The second-order valence-corrected chi connectivity index (χ2v) is 8.18. The molecule has 0 aliphatic heterocycles. The Morgan fingerprint density at radius 3 is 2.58 bits per heavy atom. The van der Waals surface area contributed by atoms with Crippen LogP contribution in [0.5, 0.6) is 11.5 Å². The van der Waals surface area contributed by atoms with E-state index in [-0.39, 0.29) is 18.1 Å². The van der Waals surface area contributed by atoms with Gasteiger partial charge >= 0.3 is 0 Å². The van der Waals surface area contributed by atoms with Crippen molar-refractivity contribution < 1.29 is 19.0 Å². The zero-order chi connectivity index (χ0) is 21.9. The third kappa shape index (κ3) is 7.59. The summed E-state index contributed by atoms with van der Waals surface area (Å²) in [5, 5.41) is 3.07. The molecule has 3 rings (SSSR count). The van der Waals surface area contributed by atoms with E-state index in [1.165, 1.54) is 18.4 Å². The van der Waals surface area contributed by atoms with Crippen molar-refractivity contribution in [1.29, 1.82) is 0 Å². The highest BCUT2D eigenvalue weighted by Crippen LogP contribution is 2.33. The Balaban J connectivity index is 1.37. The van der Waals surface area contributed by atoms with Crippen molar-refractivity contribution in [2.24, 2.45) is 0 Å². The summed E-state index contributed by atoms with van der Waals surface area (Å²) in [6, 6.07) is 16.1. The van der Waals surface area contributed by atoms with Gasteiger partial charge in [0, 0.05) is 13.0 Å². The maximum absolute atomic E-state index is 12.3. The molecule has 1 fully saturated rings. The summed E-state index contributed by atoms with van der Waals surface area (Å²) >= 11 is 0. The van der Waals surface area contributed by atoms with E-state index >= 15 is 0 Å². The van der Waals surface area contributed by atoms with E-state index in [1.54, 1.807) is 7.11 Å². The van der Waals surface area contributed by atoms with Crippen LogP contribution in [0.1, 0.15) is 62.6 Å². The Labute approximate surface area is 186 Å². The van der Waals surface area contributed by atoms with E-state index in [0.717, 1.165) is 36.3 Å². The molecule has 0 spiro atoms. The molecule has 1 saturated carbocycles. The monoisotopic (exact) mass is 425 g/mol. The average Bonchev–Trinajstić information content (AvgIpc) is 3.30. The summed E-state index contributed by atoms with van der Waals surface area (Å²) in [5.41, 5.74) is 2.27. The van der Waals surface area contributed by atoms with Crippen molar-refractivity contribution in [3.8, 4) is 11.5 Å². The molecule has 1 amide bonds. The summed E-state index contributed by atoms with van der Waals surface area (Å²) in [7, 11) is 1.65. The first-order valence-corrected chi connectivity index (χ1v) is 11.4. The Bertz CT molecular complexity index is 802. The maximum Gasteiger partial charge on any atom is 0.220 e. The van der Waals surface area contributed by atoms with Crippen LogP contribution in [0, 0.1) is 0 Å². The maximum atomic E-state index is 12.3. The fraction of sp³-hybridized carbons (Fsp3) is 0.500. The molecule has 31 heavy (non-hydrogen) atoms. The summed E-state index contributed by atoms with van der Waals surface area (Å²) in [6.45, 7) is 3.26. The minimum atomic E-state index is -0.0964. The van der Waals surface area contributed by atoms with Gasteiger partial charge in [0.15, 0.2) is 11.5 Å². The smallest absolute Gasteiger partial charge is 0.220 e. The number of nitrogens with one attached hydrogen (secondary N) is 1. The third-order valence-electron chi connectivity index (χ3n) is 5.73. The highest BCUT2D eigenvalue weighted by molar-refractivity contribution is 5.76. The highest BCUT2D eigenvalue weighted by Gasteiger charge is 2.19.